The molecule has 7 atom stereocenters. The minimum Gasteiger partial charge on any atom is -0.459 e. The van der Waals surface area contributed by atoms with Crippen LogP contribution in [0.2, 0.25) is 0 Å². The molecule has 1 saturated carbocycles. The normalized spacial score (nSPS) is 24.0. The number of aliphatic hydroxyl groups excluding tert-OH is 3. The van der Waals surface area contributed by atoms with Crippen molar-refractivity contribution in [3.05, 3.63) is 82.4 Å². The quantitative estimate of drug-likeness (QED) is 0.0264. The summed E-state index contributed by atoms with van der Waals surface area (Å²) >= 11 is 0. The van der Waals surface area contributed by atoms with Gasteiger partial charge < -0.3 is 48.6 Å². The zero-order valence-electron chi connectivity index (χ0n) is 42.1. The summed E-state index contributed by atoms with van der Waals surface area (Å²) in [5.41, 5.74) is 2.22. The molecule has 16 heteroatoms. The topological polar surface area (TPSA) is 201 Å². The molecule has 394 valence electrons. The molecular formula is C55H81N3O13. The lowest BCUT2D eigenvalue weighted by atomic mass is 9.55. The third kappa shape index (κ3) is 15.5. The average Bonchev–Trinajstić information content (AvgIpc) is 3.38. The van der Waals surface area contributed by atoms with Crippen LogP contribution in [0.15, 0.2) is 71.9 Å². The van der Waals surface area contributed by atoms with Gasteiger partial charge in [-0.3, -0.25) is 15.0 Å². The summed E-state index contributed by atoms with van der Waals surface area (Å²) in [6, 6.07) is 10.8. The smallest absolute Gasteiger partial charge is 0.410 e. The highest BCUT2D eigenvalue weighted by molar-refractivity contribution is 6.03. The lowest BCUT2D eigenvalue weighted by Crippen LogP contribution is -2.70. The Hall–Kier alpha value is -4.58. The van der Waals surface area contributed by atoms with Gasteiger partial charge in [-0.15, -0.1) is 6.58 Å². The maximum absolute atomic E-state index is 14.8. The lowest BCUT2D eigenvalue weighted by molar-refractivity contribution is -0.384. The molecule has 2 aromatic carbocycles. The summed E-state index contributed by atoms with van der Waals surface area (Å²) < 4.78 is 38.9. The standard InChI is InChI=1S/C55H81N3O13/c1-3-5-6-7-8-9-10-11-12-18-34-67-54(62)57(28-35-65-36-31-61)50-40-48(56-71-51-25-15-19-33-66-51)46-37-41(21-13-16-29-59)45(24-14-17-30-60)52-47-39-44(69-43-23-20-22-42(38-43)58(63)64)26-27-49(47)70-55(50,53(46)52)68-32-4-2/h4,20,22-23,26-27,37-39,41,45,50-53,59-61H,2-3,5-19,21,24-25,28-36,40H2,1H3/t41-,45+,50-,51?,52+,53+,55+/m0/s1. The molecular weight excluding hydrogens is 911 g/mol. The second-order valence-corrected chi connectivity index (χ2v) is 19.4. The number of rotatable bonds is 33. The molecule has 6 rings (SSSR count). The number of oxime groups is 1. The number of nitro benzene ring substituents is 1. The molecule has 2 fully saturated rings. The van der Waals surface area contributed by atoms with Crippen LogP contribution in [0, 0.1) is 27.9 Å². The van der Waals surface area contributed by atoms with Crippen LogP contribution < -0.4 is 9.47 Å². The van der Waals surface area contributed by atoms with Crippen LogP contribution in [0.4, 0.5) is 10.5 Å². The van der Waals surface area contributed by atoms with Gasteiger partial charge in [0, 0.05) is 50.1 Å². The number of aliphatic hydroxyl groups is 3. The molecule has 0 spiro atoms. The van der Waals surface area contributed by atoms with Crippen molar-refractivity contribution in [2.45, 2.75) is 159 Å². The first kappa shape index (κ1) is 55.7. The van der Waals surface area contributed by atoms with Gasteiger partial charge in [0.05, 0.1) is 62.3 Å². The van der Waals surface area contributed by atoms with Crippen molar-refractivity contribution in [1.29, 1.82) is 0 Å². The number of benzene rings is 2. The Bertz CT molecular complexity index is 2010. The summed E-state index contributed by atoms with van der Waals surface area (Å²) in [4.78, 5) is 34.1. The van der Waals surface area contributed by atoms with Crippen LogP contribution in [-0.4, -0.2) is 114 Å². The molecule has 0 aromatic heterocycles. The third-order valence-corrected chi connectivity index (χ3v) is 14.4. The van der Waals surface area contributed by atoms with Crippen LogP contribution in [0.25, 0.3) is 0 Å². The molecule has 16 nitrogen and oxygen atoms in total. The van der Waals surface area contributed by atoms with Crippen molar-refractivity contribution >= 4 is 17.5 Å². The van der Waals surface area contributed by atoms with Crippen molar-refractivity contribution in [1.82, 2.24) is 4.90 Å². The summed E-state index contributed by atoms with van der Waals surface area (Å²) in [6.07, 6.45) is 21.2. The first-order valence-electron chi connectivity index (χ1n) is 26.7. The second kappa shape index (κ2) is 29.8. The van der Waals surface area contributed by atoms with Crippen LogP contribution in [0.5, 0.6) is 17.2 Å². The zero-order valence-corrected chi connectivity index (χ0v) is 42.1. The van der Waals surface area contributed by atoms with E-state index in [0.29, 0.717) is 48.8 Å². The van der Waals surface area contributed by atoms with Crippen LogP contribution in [0.3, 0.4) is 0 Å². The highest BCUT2D eigenvalue weighted by atomic mass is 16.8. The molecule has 3 N–H and O–H groups in total. The SMILES string of the molecule is C=CCO[C@@]12Oc3ccc(Oc4cccc([N+](=O)[O-])c4)cc3[C@H]3[C@H](CCCCO)[C@@H](CCCCO)C=C(C(=NOC4CCCCO4)C[C@@H]1N(CCOCCO)C(=O)OCCCCCCCCCCCC)[C@H]32. The largest absolute Gasteiger partial charge is 0.459 e. The number of hydrogen-bond acceptors (Lipinski definition) is 14. The average molecular weight is 992 g/mol. The van der Waals surface area contributed by atoms with Crippen LogP contribution >= 0.6 is 0 Å². The summed E-state index contributed by atoms with van der Waals surface area (Å²) in [5.74, 6) is -1.27. The number of hydrogen-bond donors (Lipinski definition) is 3. The molecule has 2 aliphatic carbocycles. The molecule has 1 saturated heterocycles. The predicted octanol–water partition coefficient (Wildman–Crippen LogP) is 10.9. The van der Waals surface area contributed by atoms with E-state index in [0.717, 1.165) is 75.3 Å². The van der Waals surface area contributed by atoms with Crippen LogP contribution in [0.1, 0.15) is 147 Å². The number of carbonyl (C=O) groups is 1. The van der Waals surface area contributed by atoms with Crippen molar-refractivity contribution in [3.8, 4) is 17.2 Å². The second-order valence-electron chi connectivity index (χ2n) is 19.4. The minimum atomic E-state index is -1.54. The molecule has 0 bridgehead atoms. The van der Waals surface area contributed by atoms with Crippen LogP contribution in [-0.2, 0) is 23.8 Å². The molecule has 2 aliphatic heterocycles. The Morgan fingerprint density at radius 3 is 2.35 bits per heavy atom. The number of amides is 1. The van der Waals surface area contributed by atoms with Crippen molar-refractivity contribution in [2.24, 2.45) is 22.9 Å². The Morgan fingerprint density at radius 1 is 0.901 bits per heavy atom. The Balaban J connectivity index is 1.45. The summed E-state index contributed by atoms with van der Waals surface area (Å²) in [6.45, 7) is 7.34. The number of nitrogens with zero attached hydrogens (tertiary/aromatic N) is 3. The van der Waals surface area contributed by atoms with E-state index in [4.69, 9.17) is 38.4 Å². The number of nitro groups is 1. The van der Waals surface area contributed by atoms with Gasteiger partial charge in [0.2, 0.25) is 12.1 Å². The van der Waals surface area contributed by atoms with E-state index in [1.165, 1.54) is 50.7 Å². The van der Waals surface area contributed by atoms with Crippen molar-refractivity contribution < 1.29 is 58.3 Å². The van der Waals surface area contributed by atoms with Crippen molar-refractivity contribution in [2.75, 3.05) is 59.4 Å². The van der Waals surface area contributed by atoms with Crippen molar-refractivity contribution in [3.63, 3.8) is 0 Å². The maximum atomic E-state index is 14.8. The number of carbonyl (C=O) groups excluding carboxylic acids is 1. The zero-order chi connectivity index (χ0) is 50.3. The van der Waals surface area contributed by atoms with Gasteiger partial charge in [-0.25, -0.2) is 4.79 Å². The monoisotopic (exact) mass is 992 g/mol. The first-order chi connectivity index (χ1) is 34.8. The maximum Gasteiger partial charge on any atom is 0.410 e. The van der Waals surface area contributed by atoms with Gasteiger partial charge in [0.1, 0.15) is 23.3 Å². The highest BCUT2D eigenvalue weighted by Crippen LogP contribution is 2.62. The van der Waals surface area contributed by atoms with Gasteiger partial charge in [-0.1, -0.05) is 101 Å². The van der Waals surface area contributed by atoms with E-state index in [1.807, 2.05) is 12.1 Å². The minimum absolute atomic E-state index is 0.0115. The number of unbranched alkanes of at least 4 members (excludes halogenated alkanes) is 11. The molecule has 0 radical (unpaired) electrons. The number of non-ortho nitro benzene ring substituents is 1. The van der Waals surface area contributed by atoms with Gasteiger partial charge in [0.25, 0.3) is 5.69 Å². The first-order valence-corrected chi connectivity index (χ1v) is 26.7. The Labute approximate surface area is 420 Å². The van der Waals surface area contributed by atoms with E-state index < -0.39 is 35.1 Å². The molecule has 1 unspecified atom stereocenters. The fourth-order valence-corrected chi connectivity index (χ4v) is 11.0. The predicted molar refractivity (Wildman–Crippen MR) is 271 cm³/mol. The Morgan fingerprint density at radius 2 is 1.65 bits per heavy atom. The molecule has 2 aromatic rings. The molecule has 71 heavy (non-hydrogen) atoms. The van der Waals surface area contributed by atoms with Gasteiger partial charge in [-0.05, 0) is 86.6 Å². The van der Waals surface area contributed by atoms with Gasteiger partial charge in [-0.2, -0.15) is 0 Å². The molecule has 1 amide bonds. The van der Waals surface area contributed by atoms with Gasteiger partial charge >= 0.3 is 6.09 Å². The molecule has 2 heterocycles. The number of allylic oxidation sites excluding steroid dienone is 1. The van der Waals surface area contributed by atoms with E-state index in [9.17, 15) is 30.2 Å². The number of ether oxygens (including phenoxy) is 6. The summed E-state index contributed by atoms with van der Waals surface area (Å²) in [5, 5.41) is 46.4. The highest BCUT2D eigenvalue weighted by Gasteiger charge is 2.65. The Kier molecular flexibility index (Phi) is 23.4. The summed E-state index contributed by atoms with van der Waals surface area (Å²) in [7, 11) is 0. The van der Waals surface area contributed by atoms with Gasteiger partial charge in [0.15, 0.2) is 0 Å². The van der Waals surface area contributed by atoms with E-state index in [2.05, 4.69) is 19.6 Å². The molecule has 4 aliphatic rings. The van der Waals surface area contributed by atoms with E-state index >= 15 is 0 Å². The fraction of sp³-hybridized carbons (Fsp3) is 0.673. The van der Waals surface area contributed by atoms with E-state index in [-0.39, 0.29) is 82.7 Å². The third-order valence-electron chi connectivity index (χ3n) is 14.4. The van der Waals surface area contributed by atoms with E-state index in [1.54, 1.807) is 29.2 Å². The number of fused-ring (bicyclic) bond motifs is 2. The fourth-order valence-electron chi connectivity index (χ4n) is 11.0. The lowest BCUT2D eigenvalue weighted by Gasteiger charge is -2.59.